The lowest BCUT2D eigenvalue weighted by molar-refractivity contribution is -0.124. The Labute approximate surface area is 218 Å². The fraction of sp³-hybridized carbons (Fsp3) is 0.400. The van der Waals surface area contributed by atoms with E-state index in [2.05, 4.69) is 52.5 Å². The number of carbonyl (C=O) groups excluding carboxylic acids is 2. The van der Waals surface area contributed by atoms with Crippen LogP contribution in [-0.2, 0) is 11.3 Å². The van der Waals surface area contributed by atoms with Crippen LogP contribution in [0, 0.1) is 0 Å². The Morgan fingerprint density at radius 1 is 1.03 bits per heavy atom. The summed E-state index contributed by atoms with van der Waals surface area (Å²) in [5, 5.41) is 5.28. The standard InChI is InChI=1S/C30H35N3O2S/c1-32(21-22-11-3-2-4-12-22)19-10-18-31-29(34)27-24-15-7-8-16-25(24)30(35)33(23-13-5-6-14-23)28(27)26-17-9-20-36-26/h2-4,7-9,11-12,15-17,20,23,27-28H,5-6,10,13-14,18-19,21H2,1H3,(H,31,34)/t27-,28-/m1/s1. The van der Waals surface area contributed by atoms with E-state index in [-0.39, 0.29) is 23.9 Å². The zero-order valence-corrected chi connectivity index (χ0v) is 21.8. The highest BCUT2D eigenvalue weighted by Gasteiger charge is 2.47. The van der Waals surface area contributed by atoms with Gasteiger partial charge in [-0.1, -0.05) is 67.4 Å². The molecule has 3 aromatic rings. The van der Waals surface area contributed by atoms with Crippen molar-refractivity contribution < 1.29 is 9.59 Å². The lowest BCUT2D eigenvalue weighted by Crippen LogP contribution is -2.50. The first-order valence-electron chi connectivity index (χ1n) is 13.1. The summed E-state index contributed by atoms with van der Waals surface area (Å²) in [6.07, 6.45) is 5.18. The lowest BCUT2D eigenvalue weighted by Gasteiger charge is -2.44. The van der Waals surface area contributed by atoms with Crippen LogP contribution in [0.3, 0.4) is 0 Å². The highest BCUT2D eigenvalue weighted by Crippen LogP contribution is 2.47. The van der Waals surface area contributed by atoms with Gasteiger partial charge < -0.3 is 15.1 Å². The Bertz CT molecular complexity index is 1160. The molecule has 0 bridgehead atoms. The summed E-state index contributed by atoms with van der Waals surface area (Å²) in [6, 6.07) is 22.2. The molecule has 2 aliphatic rings. The Hall–Kier alpha value is -2.96. The largest absolute Gasteiger partial charge is 0.355 e. The predicted octanol–water partition coefficient (Wildman–Crippen LogP) is 5.61. The van der Waals surface area contributed by atoms with Gasteiger partial charge in [0.25, 0.3) is 5.91 Å². The van der Waals surface area contributed by atoms with Crippen LogP contribution in [0.2, 0.25) is 0 Å². The minimum absolute atomic E-state index is 0.0158. The molecule has 2 amide bonds. The van der Waals surface area contributed by atoms with Crippen molar-refractivity contribution in [1.82, 2.24) is 15.1 Å². The average molecular weight is 502 g/mol. The van der Waals surface area contributed by atoms with E-state index in [9.17, 15) is 9.59 Å². The maximum absolute atomic E-state index is 13.8. The number of nitrogens with zero attached hydrogens (tertiary/aromatic N) is 2. The zero-order valence-electron chi connectivity index (χ0n) is 20.9. The highest BCUT2D eigenvalue weighted by atomic mass is 32.1. The van der Waals surface area contributed by atoms with Gasteiger partial charge in [-0.2, -0.15) is 0 Å². The van der Waals surface area contributed by atoms with Crippen molar-refractivity contribution >= 4 is 23.2 Å². The minimum atomic E-state index is -0.403. The van der Waals surface area contributed by atoms with Crippen molar-refractivity contribution in [1.29, 1.82) is 0 Å². The number of hydrogen-bond acceptors (Lipinski definition) is 4. The fourth-order valence-corrected chi connectivity index (χ4v) is 6.69. The van der Waals surface area contributed by atoms with E-state index in [0.29, 0.717) is 12.1 Å². The minimum Gasteiger partial charge on any atom is -0.355 e. The monoisotopic (exact) mass is 501 g/mol. The third-order valence-corrected chi connectivity index (χ3v) is 8.47. The van der Waals surface area contributed by atoms with E-state index in [0.717, 1.165) is 55.6 Å². The Kier molecular flexibility index (Phi) is 7.83. The fourth-order valence-electron chi connectivity index (χ4n) is 5.82. The van der Waals surface area contributed by atoms with Crippen molar-refractivity contribution in [2.45, 2.75) is 56.7 Å². The quantitative estimate of drug-likeness (QED) is 0.388. The predicted molar refractivity (Wildman–Crippen MR) is 145 cm³/mol. The molecule has 5 nitrogen and oxygen atoms in total. The summed E-state index contributed by atoms with van der Waals surface area (Å²) in [4.78, 5) is 33.0. The number of amides is 2. The summed E-state index contributed by atoms with van der Waals surface area (Å²) in [5.74, 6) is -0.315. The van der Waals surface area contributed by atoms with Gasteiger partial charge >= 0.3 is 0 Å². The molecule has 0 unspecified atom stereocenters. The summed E-state index contributed by atoms with van der Waals surface area (Å²) < 4.78 is 0. The van der Waals surface area contributed by atoms with Crippen LogP contribution in [0.5, 0.6) is 0 Å². The van der Waals surface area contributed by atoms with Gasteiger partial charge in [-0.25, -0.2) is 0 Å². The smallest absolute Gasteiger partial charge is 0.254 e. The molecule has 2 aromatic carbocycles. The van der Waals surface area contributed by atoms with Gasteiger partial charge in [0.05, 0.1) is 12.0 Å². The van der Waals surface area contributed by atoms with Crippen LogP contribution in [0.1, 0.15) is 70.4 Å². The molecule has 36 heavy (non-hydrogen) atoms. The van der Waals surface area contributed by atoms with Gasteiger partial charge in [0.2, 0.25) is 5.91 Å². The number of nitrogens with one attached hydrogen (secondary N) is 1. The van der Waals surface area contributed by atoms with Gasteiger partial charge in [-0.15, -0.1) is 11.3 Å². The SMILES string of the molecule is CN(CCCNC(=O)[C@@H]1c2ccccc2C(=O)N(C2CCCC2)[C@@H]1c1cccs1)Cc1ccccc1. The molecule has 2 heterocycles. The van der Waals surface area contributed by atoms with Crippen LogP contribution in [0.25, 0.3) is 0 Å². The third kappa shape index (κ3) is 5.25. The molecule has 6 heteroatoms. The van der Waals surface area contributed by atoms with E-state index in [1.165, 1.54) is 5.56 Å². The molecule has 1 aromatic heterocycles. The van der Waals surface area contributed by atoms with E-state index >= 15 is 0 Å². The van der Waals surface area contributed by atoms with E-state index in [4.69, 9.17) is 0 Å². The molecule has 1 N–H and O–H groups in total. The van der Waals surface area contributed by atoms with Crippen molar-refractivity contribution in [3.05, 3.63) is 93.7 Å². The molecule has 1 fully saturated rings. The van der Waals surface area contributed by atoms with Gasteiger partial charge in [0.1, 0.15) is 0 Å². The summed E-state index contributed by atoms with van der Waals surface area (Å²) in [5.41, 5.74) is 2.83. The van der Waals surface area contributed by atoms with Gasteiger partial charge in [-0.3, -0.25) is 9.59 Å². The van der Waals surface area contributed by atoms with E-state index in [1.54, 1.807) is 11.3 Å². The van der Waals surface area contributed by atoms with Gasteiger partial charge in [0, 0.05) is 29.6 Å². The average Bonchev–Trinajstić information content (AvgIpc) is 3.62. The second kappa shape index (κ2) is 11.4. The molecule has 188 valence electrons. The second-order valence-corrected chi connectivity index (χ2v) is 11.0. The molecule has 5 rings (SSSR count). The molecule has 1 aliphatic carbocycles. The van der Waals surface area contributed by atoms with Gasteiger partial charge in [-0.05, 0) is 61.5 Å². The molecular weight excluding hydrogens is 466 g/mol. The first kappa shape index (κ1) is 24.7. The van der Waals surface area contributed by atoms with Crippen molar-refractivity contribution in [2.75, 3.05) is 20.1 Å². The summed E-state index contributed by atoms with van der Waals surface area (Å²) in [6.45, 7) is 2.41. The third-order valence-electron chi connectivity index (χ3n) is 7.52. The maximum atomic E-state index is 13.8. The van der Waals surface area contributed by atoms with Crippen LogP contribution < -0.4 is 5.32 Å². The topological polar surface area (TPSA) is 52.7 Å². The molecule has 0 spiro atoms. The normalized spacial score (nSPS) is 20.1. The molecule has 1 aliphatic heterocycles. The number of rotatable bonds is 9. The van der Waals surface area contributed by atoms with E-state index < -0.39 is 5.92 Å². The Morgan fingerprint density at radius 3 is 2.53 bits per heavy atom. The Balaban J connectivity index is 1.32. The number of benzene rings is 2. The molecule has 0 radical (unpaired) electrons. The molecule has 0 saturated heterocycles. The van der Waals surface area contributed by atoms with Crippen molar-refractivity contribution in [3.8, 4) is 0 Å². The molecule has 2 atom stereocenters. The maximum Gasteiger partial charge on any atom is 0.254 e. The number of carbonyl (C=O) groups is 2. The van der Waals surface area contributed by atoms with Crippen LogP contribution in [0.4, 0.5) is 0 Å². The van der Waals surface area contributed by atoms with Crippen LogP contribution in [0.15, 0.2) is 72.1 Å². The van der Waals surface area contributed by atoms with E-state index in [1.807, 2.05) is 41.8 Å². The van der Waals surface area contributed by atoms with Gasteiger partial charge in [0.15, 0.2) is 0 Å². The van der Waals surface area contributed by atoms with Crippen molar-refractivity contribution in [3.63, 3.8) is 0 Å². The highest BCUT2D eigenvalue weighted by molar-refractivity contribution is 7.10. The first-order chi connectivity index (χ1) is 17.6. The first-order valence-corrected chi connectivity index (χ1v) is 14.0. The summed E-state index contributed by atoms with van der Waals surface area (Å²) >= 11 is 1.64. The number of hydrogen-bond donors (Lipinski definition) is 1. The molecule has 1 saturated carbocycles. The molecular formula is C30H35N3O2S. The number of fused-ring (bicyclic) bond motifs is 1. The van der Waals surface area contributed by atoms with Crippen LogP contribution in [-0.4, -0.2) is 47.8 Å². The zero-order chi connectivity index (χ0) is 24.9. The summed E-state index contributed by atoms with van der Waals surface area (Å²) in [7, 11) is 2.12. The Morgan fingerprint density at radius 2 is 1.78 bits per heavy atom. The van der Waals surface area contributed by atoms with Crippen LogP contribution >= 0.6 is 11.3 Å². The van der Waals surface area contributed by atoms with Crippen molar-refractivity contribution in [2.24, 2.45) is 0 Å². The number of thiophene rings is 1. The lowest BCUT2D eigenvalue weighted by atomic mass is 9.80. The second-order valence-electron chi connectivity index (χ2n) is 10.0.